The number of anilines is 1. The maximum absolute atomic E-state index is 12.4. The van der Waals surface area contributed by atoms with Crippen molar-refractivity contribution in [3.05, 3.63) is 72.6 Å². The zero-order valence-electron chi connectivity index (χ0n) is 17.1. The normalized spacial score (nSPS) is 23.6. The summed E-state index contributed by atoms with van der Waals surface area (Å²) in [6.07, 6.45) is 5.06. The lowest BCUT2D eigenvalue weighted by molar-refractivity contribution is -0.113. The minimum atomic E-state index is -0.0735. The third-order valence-corrected chi connectivity index (χ3v) is 6.58. The number of ether oxygens (including phenoxy) is 1. The Balaban J connectivity index is 1.16. The number of benzene rings is 2. The Morgan fingerprint density at radius 1 is 1.19 bits per heavy atom. The highest BCUT2D eigenvalue weighted by Crippen LogP contribution is 2.35. The van der Waals surface area contributed by atoms with Gasteiger partial charge >= 0.3 is 0 Å². The van der Waals surface area contributed by atoms with Gasteiger partial charge in [-0.15, -0.1) is 0 Å². The summed E-state index contributed by atoms with van der Waals surface area (Å²) < 4.78 is 5.14. The number of rotatable bonds is 5. The molecule has 160 valence electrons. The number of thioether (sulfide) groups is 1. The maximum Gasteiger partial charge on any atom is 0.234 e. The van der Waals surface area contributed by atoms with Crippen LogP contribution in [0.1, 0.15) is 18.0 Å². The van der Waals surface area contributed by atoms with Gasteiger partial charge in [0.05, 0.1) is 24.9 Å². The number of hydrazone groups is 1. The molecule has 1 fully saturated rings. The second kappa shape index (κ2) is 8.52. The molecule has 9 heteroatoms. The van der Waals surface area contributed by atoms with E-state index < -0.39 is 0 Å². The van der Waals surface area contributed by atoms with E-state index in [0.29, 0.717) is 0 Å². The van der Waals surface area contributed by atoms with E-state index in [9.17, 15) is 4.79 Å². The standard InChI is InChI=1S/C22H24N6O2S/c1-30-17-9-7-16(8-10-17)23-20(29)14-31-22-25-24-21-19-13-18(15-5-3-2-4-6-15)26-28(19)12-11-27(21)22/h2-12,18-19,21,24,26H,13-14H2,1H3,(H,23,29). The molecule has 2 aromatic rings. The number of carbonyl (C=O) groups is 1. The van der Waals surface area contributed by atoms with Gasteiger partial charge in [0.25, 0.3) is 0 Å². The zero-order chi connectivity index (χ0) is 21.2. The molecule has 0 aromatic heterocycles. The van der Waals surface area contributed by atoms with Crippen molar-refractivity contribution in [2.45, 2.75) is 24.7 Å². The number of hydrazine groups is 1. The first kappa shape index (κ1) is 19.8. The quantitative estimate of drug-likeness (QED) is 0.665. The van der Waals surface area contributed by atoms with E-state index in [1.54, 1.807) is 7.11 Å². The average molecular weight is 437 g/mol. The number of hydrogen-bond donors (Lipinski definition) is 3. The first-order valence-electron chi connectivity index (χ1n) is 10.2. The van der Waals surface area contributed by atoms with Crippen molar-refractivity contribution < 1.29 is 9.53 Å². The molecule has 3 aliphatic rings. The molecule has 3 N–H and O–H groups in total. The number of fused-ring (bicyclic) bond motifs is 3. The molecule has 3 unspecified atom stereocenters. The molecule has 0 saturated carbocycles. The molecular weight excluding hydrogens is 412 g/mol. The van der Waals surface area contributed by atoms with Crippen molar-refractivity contribution >= 4 is 28.5 Å². The number of nitrogens with one attached hydrogen (secondary N) is 3. The van der Waals surface area contributed by atoms with Crippen molar-refractivity contribution in [2.24, 2.45) is 5.10 Å². The van der Waals surface area contributed by atoms with Gasteiger partial charge in [-0.2, -0.15) is 5.10 Å². The maximum atomic E-state index is 12.4. The average Bonchev–Trinajstić information content (AvgIpc) is 3.43. The Morgan fingerprint density at radius 2 is 2.00 bits per heavy atom. The highest BCUT2D eigenvalue weighted by atomic mass is 32.2. The van der Waals surface area contributed by atoms with Gasteiger partial charge < -0.3 is 20.0 Å². The Hall–Kier alpha value is -3.17. The number of amidine groups is 1. The zero-order valence-corrected chi connectivity index (χ0v) is 17.9. The van der Waals surface area contributed by atoms with Gasteiger partial charge in [0.2, 0.25) is 5.91 Å². The molecule has 0 radical (unpaired) electrons. The predicted octanol–water partition coefficient (Wildman–Crippen LogP) is 2.67. The number of carbonyl (C=O) groups excluding carboxylic acids is 1. The molecule has 1 amide bonds. The molecule has 31 heavy (non-hydrogen) atoms. The number of hydrogen-bond acceptors (Lipinski definition) is 8. The van der Waals surface area contributed by atoms with Gasteiger partial charge in [0.1, 0.15) is 11.9 Å². The van der Waals surface area contributed by atoms with Crippen molar-refractivity contribution in [1.82, 2.24) is 20.8 Å². The predicted molar refractivity (Wildman–Crippen MR) is 122 cm³/mol. The fraction of sp³-hybridized carbons (Fsp3) is 0.273. The topological polar surface area (TPSA) is 81.2 Å². The van der Waals surface area contributed by atoms with Crippen LogP contribution in [0.5, 0.6) is 5.75 Å². The van der Waals surface area contributed by atoms with Crippen LogP contribution >= 0.6 is 11.8 Å². The lowest BCUT2D eigenvalue weighted by Gasteiger charge is -2.36. The molecule has 1 saturated heterocycles. The van der Waals surface area contributed by atoms with Crippen LogP contribution in [-0.4, -0.2) is 46.1 Å². The first-order valence-corrected chi connectivity index (χ1v) is 11.2. The molecule has 0 bridgehead atoms. The molecule has 3 atom stereocenters. The Labute approximate surface area is 185 Å². The summed E-state index contributed by atoms with van der Waals surface area (Å²) in [5, 5.41) is 10.4. The Bertz CT molecular complexity index is 997. The van der Waals surface area contributed by atoms with Gasteiger partial charge in [0, 0.05) is 18.1 Å². The van der Waals surface area contributed by atoms with E-state index in [1.807, 2.05) is 42.7 Å². The van der Waals surface area contributed by atoms with E-state index in [1.165, 1.54) is 17.3 Å². The second-order valence-corrected chi connectivity index (χ2v) is 8.48. The third kappa shape index (κ3) is 4.06. The van der Waals surface area contributed by atoms with Crippen LogP contribution in [0, 0.1) is 0 Å². The van der Waals surface area contributed by atoms with E-state index in [0.717, 1.165) is 23.0 Å². The molecule has 2 aromatic carbocycles. The summed E-state index contributed by atoms with van der Waals surface area (Å²) in [5.74, 6) is 0.963. The fourth-order valence-electron chi connectivity index (χ4n) is 4.05. The van der Waals surface area contributed by atoms with E-state index in [4.69, 9.17) is 4.74 Å². The summed E-state index contributed by atoms with van der Waals surface area (Å²) in [5.41, 5.74) is 8.85. The summed E-state index contributed by atoms with van der Waals surface area (Å²) in [7, 11) is 1.62. The van der Waals surface area contributed by atoms with Crippen LogP contribution in [0.25, 0.3) is 0 Å². The number of nitrogens with zero attached hydrogens (tertiary/aromatic N) is 3. The fourth-order valence-corrected chi connectivity index (χ4v) is 4.83. The Kier molecular flexibility index (Phi) is 5.44. The lowest BCUT2D eigenvalue weighted by Crippen LogP contribution is -2.54. The van der Waals surface area contributed by atoms with Crippen molar-refractivity contribution in [1.29, 1.82) is 0 Å². The molecule has 0 spiro atoms. The van der Waals surface area contributed by atoms with Gasteiger partial charge in [-0.3, -0.25) is 10.2 Å². The largest absolute Gasteiger partial charge is 0.497 e. The summed E-state index contributed by atoms with van der Waals surface area (Å²) in [6, 6.07) is 18.3. The number of methoxy groups -OCH3 is 1. The Morgan fingerprint density at radius 3 is 2.77 bits per heavy atom. The molecule has 0 aliphatic carbocycles. The SMILES string of the molecule is COc1ccc(NC(=O)CSC2=NNC3C4CC(c5ccccc5)NN4C=CN23)cc1. The number of amides is 1. The van der Waals surface area contributed by atoms with Crippen molar-refractivity contribution in [3.8, 4) is 5.75 Å². The summed E-state index contributed by atoms with van der Waals surface area (Å²) in [4.78, 5) is 14.5. The van der Waals surface area contributed by atoms with Gasteiger partial charge in [-0.1, -0.05) is 42.1 Å². The van der Waals surface area contributed by atoms with Crippen molar-refractivity contribution in [3.63, 3.8) is 0 Å². The summed E-state index contributed by atoms with van der Waals surface area (Å²) in [6.45, 7) is 0. The van der Waals surface area contributed by atoms with Crippen LogP contribution < -0.4 is 20.9 Å². The minimum absolute atomic E-state index is 0.0401. The smallest absolute Gasteiger partial charge is 0.234 e. The molecule has 3 aliphatic heterocycles. The van der Waals surface area contributed by atoms with Gasteiger partial charge in [-0.05, 0) is 36.2 Å². The summed E-state index contributed by atoms with van der Waals surface area (Å²) >= 11 is 1.42. The lowest BCUT2D eigenvalue weighted by atomic mass is 10.00. The van der Waals surface area contributed by atoms with Crippen LogP contribution in [0.15, 0.2) is 72.1 Å². The van der Waals surface area contributed by atoms with Crippen LogP contribution in [0.3, 0.4) is 0 Å². The highest BCUT2D eigenvalue weighted by Gasteiger charge is 2.44. The van der Waals surface area contributed by atoms with Crippen LogP contribution in [0.4, 0.5) is 5.69 Å². The van der Waals surface area contributed by atoms with E-state index in [-0.39, 0.29) is 29.9 Å². The van der Waals surface area contributed by atoms with Crippen LogP contribution in [0.2, 0.25) is 0 Å². The van der Waals surface area contributed by atoms with Gasteiger partial charge in [-0.25, -0.2) is 5.43 Å². The third-order valence-electron chi connectivity index (χ3n) is 5.61. The highest BCUT2D eigenvalue weighted by molar-refractivity contribution is 8.14. The van der Waals surface area contributed by atoms with Crippen molar-refractivity contribution in [2.75, 3.05) is 18.2 Å². The minimum Gasteiger partial charge on any atom is -0.497 e. The van der Waals surface area contributed by atoms with Crippen LogP contribution in [-0.2, 0) is 4.79 Å². The monoisotopic (exact) mass is 436 g/mol. The second-order valence-electron chi connectivity index (χ2n) is 7.54. The molecular formula is C22H24N6O2S. The van der Waals surface area contributed by atoms with E-state index >= 15 is 0 Å². The molecule has 3 heterocycles. The molecule has 8 nitrogen and oxygen atoms in total. The first-order chi connectivity index (χ1) is 15.2. The van der Waals surface area contributed by atoms with E-state index in [2.05, 4.69) is 55.4 Å². The molecule has 5 rings (SSSR count). The van der Waals surface area contributed by atoms with Gasteiger partial charge in [0.15, 0.2) is 5.17 Å².